The number of halogens is 1. The Morgan fingerprint density at radius 2 is 2.26 bits per heavy atom. The predicted molar refractivity (Wildman–Crippen MR) is 77.8 cm³/mol. The number of amides is 1. The van der Waals surface area contributed by atoms with Crippen molar-refractivity contribution in [3.63, 3.8) is 0 Å². The minimum Gasteiger partial charge on any atom is -0.492 e. The van der Waals surface area contributed by atoms with E-state index in [0.717, 1.165) is 29.6 Å². The van der Waals surface area contributed by atoms with Crippen LogP contribution >= 0.6 is 15.9 Å². The molecular formula is C15H18BrNO2. The van der Waals surface area contributed by atoms with Crippen LogP contribution in [0.5, 0.6) is 5.75 Å². The highest BCUT2D eigenvalue weighted by atomic mass is 79.9. The first kappa shape index (κ1) is 13.0. The van der Waals surface area contributed by atoms with Crippen molar-refractivity contribution >= 4 is 21.8 Å². The van der Waals surface area contributed by atoms with Gasteiger partial charge in [-0.2, -0.15) is 0 Å². The van der Waals surface area contributed by atoms with Gasteiger partial charge in [-0.25, -0.2) is 0 Å². The lowest BCUT2D eigenvalue weighted by molar-refractivity contribution is -0.133. The van der Waals surface area contributed by atoms with Crippen molar-refractivity contribution in [1.29, 1.82) is 0 Å². The number of nitrogens with zero attached hydrogens (tertiary/aromatic N) is 1. The molecule has 1 saturated heterocycles. The summed E-state index contributed by atoms with van der Waals surface area (Å²) in [5.41, 5.74) is 1.04. The number of carbonyl (C=O) groups excluding carboxylic acids is 1. The molecule has 0 radical (unpaired) electrons. The van der Waals surface area contributed by atoms with Gasteiger partial charge in [0.15, 0.2) is 0 Å². The van der Waals surface area contributed by atoms with Crippen LogP contribution in [0.3, 0.4) is 0 Å². The number of para-hydroxylation sites is 1. The summed E-state index contributed by atoms with van der Waals surface area (Å²) >= 11 is 3.54. The van der Waals surface area contributed by atoms with E-state index in [9.17, 15) is 4.79 Å². The highest BCUT2D eigenvalue weighted by Crippen LogP contribution is 2.37. The van der Waals surface area contributed by atoms with Crippen LogP contribution in [-0.2, 0) is 4.79 Å². The Hall–Kier alpha value is -1.03. The van der Waals surface area contributed by atoms with Gasteiger partial charge in [-0.1, -0.05) is 41.1 Å². The second kappa shape index (κ2) is 5.16. The summed E-state index contributed by atoms with van der Waals surface area (Å²) in [6.45, 7) is 3.57. The van der Waals surface area contributed by atoms with Crippen molar-refractivity contribution in [3.8, 4) is 5.75 Å². The fourth-order valence-corrected chi connectivity index (χ4v) is 4.07. The molecule has 2 aliphatic heterocycles. The van der Waals surface area contributed by atoms with Gasteiger partial charge in [-0.15, -0.1) is 0 Å². The van der Waals surface area contributed by atoms with Crippen molar-refractivity contribution in [2.24, 2.45) is 5.92 Å². The molecule has 3 unspecified atom stereocenters. The molecule has 1 aromatic carbocycles. The Morgan fingerprint density at radius 3 is 3.05 bits per heavy atom. The molecule has 2 heterocycles. The van der Waals surface area contributed by atoms with Crippen molar-refractivity contribution in [2.75, 3.05) is 18.5 Å². The van der Waals surface area contributed by atoms with Gasteiger partial charge >= 0.3 is 0 Å². The number of fused-ring (bicyclic) bond motifs is 1. The third-order valence-electron chi connectivity index (χ3n) is 4.32. The monoisotopic (exact) mass is 323 g/mol. The molecule has 0 saturated carbocycles. The third-order valence-corrected chi connectivity index (χ3v) is 4.99. The zero-order chi connectivity index (χ0) is 13.4. The molecule has 0 aromatic heterocycles. The van der Waals surface area contributed by atoms with E-state index in [-0.39, 0.29) is 11.8 Å². The zero-order valence-corrected chi connectivity index (χ0v) is 12.6. The summed E-state index contributed by atoms with van der Waals surface area (Å²) in [4.78, 5) is 14.8. The molecule has 19 heavy (non-hydrogen) atoms. The van der Waals surface area contributed by atoms with Gasteiger partial charge in [0, 0.05) is 23.5 Å². The summed E-state index contributed by atoms with van der Waals surface area (Å²) in [5.74, 6) is 1.53. The minimum atomic E-state index is -0.122. The maximum atomic E-state index is 12.8. The first-order valence-corrected chi connectivity index (χ1v) is 7.92. The normalized spacial score (nSPS) is 29.2. The molecule has 0 aliphatic carbocycles. The fraction of sp³-hybridized carbons (Fsp3) is 0.533. The lowest BCUT2D eigenvalue weighted by atomic mass is 9.99. The van der Waals surface area contributed by atoms with Gasteiger partial charge in [-0.05, 0) is 18.4 Å². The van der Waals surface area contributed by atoms with E-state index in [1.807, 2.05) is 29.2 Å². The molecular weight excluding hydrogens is 306 g/mol. The SMILES string of the molecule is CC1CCN(C(=O)C2COc3ccccc32)C1CBr. The number of benzene rings is 1. The van der Waals surface area contributed by atoms with Crippen molar-refractivity contribution in [3.05, 3.63) is 29.8 Å². The molecule has 3 rings (SSSR count). The zero-order valence-electron chi connectivity index (χ0n) is 11.0. The first-order chi connectivity index (χ1) is 9.22. The maximum absolute atomic E-state index is 12.8. The number of alkyl halides is 1. The molecule has 2 aliphatic rings. The van der Waals surface area contributed by atoms with Crippen LogP contribution in [0.2, 0.25) is 0 Å². The van der Waals surface area contributed by atoms with Crippen LogP contribution in [0.1, 0.15) is 24.8 Å². The lowest BCUT2D eigenvalue weighted by Crippen LogP contribution is -2.41. The van der Waals surface area contributed by atoms with Crippen LogP contribution in [-0.4, -0.2) is 35.3 Å². The molecule has 0 bridgehead atoms. The van der Waals surface area contributed by atoms with E-state index < -0.39 is 0 Å². The number of rotatable bonds is 2. The van der Waals surface area contributed by atoms with E-state index in [1.54, 1.807) is 0 Å². The summed E-state index contributed by atoms with van der Waals surface area (Å²) in [7, 11) is 0. The van der Waals surface area contributed by atoms with E-state index in [1.165, 1.54) is 0 Å². The fourth-order valence-electron chi connectivity index (χ4n) is 3.08. The molecule has 0 N–H and O–H groups in total. The molecule has 4 heteroatoms. The molecule has 1 aromatic rings. The Bertz CT molecular complexity index is 491. The van der Waals surface area contributed by atoms with Crippen molar-refractivity contribution in [2.45, 2.75) is 25.3 Å². The van der Waals surface area contributed by atoms with Crippen LogP contribution < -0.4 is 4.74 Å². The molecule has 0 spiro atoms. The highest BCUT2D eigenvalue weighted by molar-refractivity contribution is 9.09. The van der Waals surface area contributed by atoms with Crippen molar-refractivity contribution in [1.82, 2.24) is 4.90 Å². The predicted octanol–water partition coefficient (Wildman–Crippen LogP) is 2.79. The molecule has 1 amide bonds. The quantitative estimate of drug-likeness (QED) is 0.783. The van der Waals surface area contributed by atoms with E-state index in [2.05, 4.69) is 22.9 Å². The summed E-state index contributed by atoms with van der Waals surface area (Å²) in [5, 5.41) is 0.856. The second-order valence-electron chi connectivity index (χ2n) is 5.42. The molecule has 3 nitrogen and oxygen atoms in total. The Kier molecular flexibility index (Phi) is 3.52. The highest BCUT2D eigenvalue weighted by Gasteiger charge is 2.39. The molecule has 3 atom stereocenters. The van der Waals surface area contributed by atoms with Crippen LogP contribution in [0.15, 0.2) is 24.3 Å². The summed E-state index contributed by atoms with van der Waals surface area (Å²) in [6, 6.07) is 8.19. The number of carbonyl (C=O) groups is 1. The number of hydrogen-bond acceptors (Lipinski definition) is 2. The standard InChI is InChI=1S/C15H18BrNO2/c1-10-6-7-17(13(10)8-16)15(18)12-9-19-14-5-3-2-4-11(12)14/h2-5,10,12-13H,6-9H2,1H3. The second-order valence-corrected chi connectivity index (χ2v) is 6.07. The number of likely N-dealkylation sites (tertiary alicyclic amines) is 1. The first-order valence-electron chi connectivity index (χ1n) is 6.80. The van der Waals surface area contributed by atoms with Gasteiger partial charge in [0.2, 0.25) is 5.91 Å². The molecule has 102 valence electrons. The largest absolute Gasteiger partial charge is 0.492 e. The van der Waals surface area contributed by atoms with Gasteiger partial charge in [-0.3, -0.25) is 4.79 Å². The van der Waals surface area contributed by atoms with Crippen molar-refractivity contribution < 1.29 is 9.53 Å². The van der Waals surface area contributed by atoms with Crippen LogP contribution in [0.25, 0.3) is 0 Å². The van der Waals surface area contributed by atoms with Gasteiger partial charge in [0.05, 0.1) is 0 Å². The topological polar surface area (TPSA) is 29.5 Å². The average Bonchev–Trinajstić information content (AvgIpc) is 3.01. The Labute approximate surface area is 122 Å². The van der Waals surface area contributed by atoms with Gasteiger partial charge in [0.25, 0.3) is 0 Å². The van der Waals surface area contributed by atoms with Gasteiger partial charge in [0.1, 0.15) is 18.3 Å². The van der Waals surface area contributed by atoms with E-state index >= 15 is 0 Å². The maximum Gasteiger partial charge on any atom is 0.234 e. The summed E-state index contributed by atoms with van der Waals surface area (Å²) in [6.07, 6.45) is 1.09. The van der Waals surface area contributed by atoms with Crippen LogP contribution in [0, 0.1) is 5.92 Å². The Morgan fingerprint density at radius 1 is 1.47 bits per heavy atom. The van der Waals surface area contributed by atoms with E-state index in [0.29, 0.717) is 18.6 Å². The average molecular weight is 324 g/mol. The third kappa shape index (κ3) is 2.16. The number of hydrogen-bond donors (Lipinski definition) is 0. The van der Waals surface area contributed by atoms with Crippen LogP contribution in [0.4, 0.5) is 0 Å². The molecule has 1 fully saturated rings. The summed E-state index contributed by atoms with van der Waals surface area (Å²) < 4.78 is 5.63. The smallest absolute Gasteiger partial charge is 0.234 e. The Balaban J connectivity index is 1.82. The minimum absolute atomic E-state index is 0.122. The number of ether oxygens (including phenoxy) is 1. The lowest BCUT2D eigenvalue weighted by Gasteiger charge is -2.27. The van der Waals surface area contributed by atoms with Gasteiger partial charge < -0.3 is 9.64 Å². The van der Waals surface area contributed by atoms with E-state index in [4.69, 9.17) is 4.74 Å².